The van der Waals surface area contributed by atoms with E-state index in [9.17, 15) is 4.39 Å². The van der Waals surface area contributed by atoms with E-state index in [-0.39, 0.29) is 5.82 Å². The fourth-order valence-corrected chi connectivity index (χ4v) is 2.84. The van der Waals surface area contributed by atoms with Crippen LogP contribution in [0, 0.1) is 5.82 Å². The Morgan fingerprint density at radius 3 is 2.70 bits per heavy atom. The second-order valence-electron chi connectivity index (χ2n) is 5.67. The summed E-state index contributed by atoms with van der Waals surface area (Å²) in [5, 5.41) is 7.87. The van der Waals surface area contributed by atoms with Crippen LogP contribution in [0.1, 0.15) is 12.8 Å². The highest BCUT2D eigenvalue weighted by molar-refractivity contribution is 5.66. The number of hydrogen-bond donors (Lipinski definition) is 1. The van der Waals surface area contributed by atoms with Gasteiger partial charge >= 0.3 is 0 Å². The summed E-state index contributed by atoms with van der Waals surface area (Å²) in [6, 6.07) is 10.6. The largest absolute Gasteiger partial charge is 0.381 e. The number of fused-ring (bicyclic) bond motifs is 1. The normalized spacial score (nSPS) is 15.9. The molecule has 0 aliphatic carbocycles. The van der Waals surface area contributed by atoms with Crippen molar-refractivity contribution >= 4 is 11.5 Å². The van der Waals surface area contributed by atoms with E-state index >= 15 is 0 Å². The van der Waals surface area contributed by atoms with Gasteiger partial charge in [0.05, 0.1) is 11.9 Å². The van der Waals surface area contributed by atoms with Crippen LogP contribution in [0.15, 0.2) is 42.6 Å². The first kappa shape index (κ1) is 14.1. The summed E-state index contributed by atoms with van der Waals surface area (Å²) < 4.78 is 20.3. The van der Waals surface area contributed by atoms with Crippen molar-refractivity contribution in [2.45, 2.75) is 18.9 Å². The quantitative estimate of drug-likeness (QED) is 0.807. The van der Waals surface area contributed by atoms with Crippen molar-refractivity contribution in [1.29, 1.82) is 0 Å². The van der Waals surface area contributed by atoms with E-state index in [1.807, 2.05) is 12.1 Å². The molecule has 2 aromatic heterocycles. The van der Waals surface area contributed by atoms with Crippen molar-refractivity contribution < 1.29 is 9.13 Å². The van der Waals surface area contributed by atoms with Crippen LogP contribution in [0.2, 0.25) is 0 Å². The molecule has 3 aromatic rings. The van der Waals surface area contributed by atoms with Gasteiger partial charge in [-0.25, -0.2) is 9.37 Å². The minimum Gasteiger partial charge on any atom is -0.381 e. The molecule has 5 nitrogen and oxygen atoms in total. The maximum atomic E-state index is 13.1. The molecule has 0 amide bonds. The van der Waals surface area contributed by atoms with Crippen LogP contribution in [-0.4, -0.2) is 33.9 Å². The van der Waals surface area contributed by atoms with Crippen LogP contribution in [0.3, 0.4) is 0 Å². The van der Waals surface area contributed by atoms with Crippen molar-refractivity contribution in [1.82, 2.24) is 14.6 Å². The number of nitrogens with one attached hydrogen (secondary N) is 1. The van der Waals surface area contributed by atoms with E-state index in [1.165, 1.54) is 12.1 Å². The first-order valence-electron chi connectivity index (χ1n) is 7.74. The van der Waals surface area contributed by atoms with E-state index in [4.69, 9.17) is 4.74 Å². The van der Waals surface area contributed by atoms with Gasteiger partial charge in [0.15, 0.2) is 5.65 Å². The Balaban J connectivity index is 1.73. The maximum absolute atomic E-state index is 13.1. The zero-order chi connectivity index (χ0) is 15.6. The van der Waals surface area contributed by atoms with Gasteiger partial charge in [0, 0.05) is 37.0 Å². The van der Waals surface area contributed by atoms with E-state index in [0.717, 1.165) is 48.8 Å². The lowest BCUT2D eigenvalue weighted by Crippen LogP contribution is -2.28. The van der Waals surface area contributed by atoms with Crippen LogP contribution in [0.25, 0.3) is 16.9 Å². The van der Waals surface area contributed by atoms with Gasteiger partial charge in [-0.3, -0.25) is 0 Å². The van der Waals surface area contributed by atoms with E-state index in [0.29, 0.717) is 6.04 Å². The molecule has 0 atom stereocenters. The predicted octanol–water partition coefficient (Wildman–Crippen LogP) is 3.13. The molecule has 1 aliphatic heterocycles. The zero-order valence-corrected chi connectivity index (χ0v) is 12.6. The Kier molecular flexibility index (Phi) is 3.67. The Morgan fingerprint density at radius 2 is 1.91 bits per heavy atom. The summed E-state index contributed by atoms with van der Waals surface area (Å²) >= 11 is 0. The molecule has 0 unspecified atom stereocenters. The molecule has 3 heterocycles. The molecule has 1 aliphatic rings. The molecule has 6 heteroatoms. The van der Waals surface area contributed by atoms with Gasteiger partial charge in [-0.2, -0.15) is 9.61 Å². The summed E-state index contributed by atoms with van der Waals surface area (Å²) in [6.07, 6.45) is 3.67. The summed E-state index contributed by atoms with van der Waals surface area (Å²) in [7, 11) is 0. The third-order valence-corrected chi connectivity index (χ3v) is 4.07. The van der Waals surface area contributed by atoms with Crippen LogP contribution >= 0.6 is 0 Å². The van der Waals surface area contributed by atoms with Crippen molar-refractivity contribution in [2.24, 2.45) is 0 Å². The van der Waals surface area contributed by atoms with Crippen LogP contribution in [0.4, 0.5) is 10.2 Å². The minimum atomic E-state index is -0.250. The van der Waals surface area contributed by atoms with Gasteiger partial charge in [-0.05, 0) is 37.1 Å². The molecule has 0 radical (unpaired) electrons. The third-order valence-electron chi connectivity index (χ3n) is 4.07. The Bertz CT molecular complexity index is 809. The van der Waals surface area contributed by atoms with Crippen molar-refractivity contribution in [3.63, 3.8) is 0 Å². The molecule has 118 valence electrons. The van der Waals surface area contributed by atoms with Gasteiger partial charge in [0.1, 0.15) is 11.6 Å². The standard InChI is InChI=1S/C17H17FN4O/c18-13-3-1-12(2-4-13)15-11-17(20-14-6-9-23-10-7-14)22-16(21-15)5-8-19-22/h1-5,8,11,14,20H,6-7,9-10H2. The SMILES string of the molecule is Fc1ccc(-c2cc(NC3CCOCC3)n3nccc3n2)cc1. The molecule has 0 bridgehead atoms. The lowest BCUT2D eigenvalue weighted by atomic mass is 10.1. The topological polar surface area (TPSA) is 51.5 Å². The molecule has 0 spiro atoms. The molecule has 0 saturated carbocycles. The van der Waals surface area contributed by atoms with Crippen molar-refractivity contribution in [3.05, 3.63) is 48.4 Å². The fourth-order valence-electron chi connectivity index (χ4n) is 2.84. The Hall–Kier alpha value is -2.47. The molecule has 1 saturated heterocycles. The lowest BCUT2D eigenvalue weighted by molar-refractivity contribution is 0.0903. The van der Waals surface area contributed by atoms with Crippen LogP contribution in [0.5, 0.6) is 0 Å². The first-order valence-corrected chi connectivity index (χ1v) is 7.74. The average molecular weight is 312 g/mol. The van der Waals surface area contributed by atoms with Gasteiger partial charge in [0.2, 0.25) is 0 Å². The second-order valence-corrected chi connectivity index (χ2v) is 5.67. The number of nitrogens with zero attached hydrogens (tertiary/aromatic N) is 3. The summed E-state index contributed by atoms with van der Waals surface area (Å²) in [4.78, 5) is 4.60. The molecular weight excluding hydrogens is 295 g/mol. The van der Waals surface area contributed by atoms with E-state index < -0.39 is 0 Å². The zero-order valence-electron chi connectivity index (χ0n) is 12.6. The highest BCUT2D eigenvalue weighted by atomic mass is 19.1. The summed E-state index contributed by atoms with van der Waals surface area (Å²) in [6.45, 7) is 1.55. The van der Waals surface area contributed by atoms with Crippen LogP contribution in [-0.2, 0) is 4.74 Å². The van der Waals surface area contributed by atoms with Gasteiger partial charge in [0.25, 0.3) is 0 Å². The molecular formula is C17H17FN4O. The number of hydrogen-bond acceptors (Lipinski definition) is 4. The number of ether oxygens (including phenoxy) is 1. The number of benzene rings is 1. The molecule has 1 aromatic carbocycles. The van der Waals surface area contributed by atoms with Crippen molar-refractivity contribution in [3.8, 4) is 11.3 Å². The smallest absolute Gasteiger partial charge is 0.157 e. The summed E-state index contributed by atoms with van der Waals surface area (Å²) in [5.74, 6) is 0.644. The van der Waals surface area contributed by atoms with Gasteiger partial charge in [-0.15, -0.1) is 0 Å². The fraction of sp³-hybridized carbons (Fsp3) is 0.294. The predicted molar refractivity (Wildman–Crippen MR) is 85.8 cm³/mol. The molecule has 23 heavy (non-hydrogen) atoms. The third kappa shape index (κ3) is 2.90. The number of rotatable bonds is 3. The number of halogens is 1. The first-order chi connectivity index (χ1) is 11.3. The molecule has 1 N–H and O–H groups in total. The summed E-state index contributed by atoms with van der Waals surface area (Å²) in [5.41, 5.74) is 2.44. The maximum Gasteiger partial charge on any atom is 0.157 e. The number of anilines is 1. The highest BCUT2D eigenvalue weighted by Gasteiger charge is 2.16. The molecule has 4 rings (SSSR count). The monoisotopic (exact) mass is 312 g/mol. The second kappa shape index (κ2) is 5.96. The average Bonchev–Trinajstić information content (AvgIpc) is 3.05. The minimum absolute atomic E-state index is 0.250. The van der Waals surface area contributed by atoms with E-state index in [1.54, 1.807) is 22.8 Å². The van der Waals surface area contributed by atoms with E-state index in [2.05, 4.69) is 15.4 Å². The van der Waals surface area contributed by atoms with Gasteiger partial charge in [-0.1, -0.05) is 0 Å². The molecule has 1 fully saturated rings. The van der Waals surface area contributed by atoms with Crippen LogP contribution < -0.4 is 5.32 Å². The van der Waals surface area contributed by atoms with Crippen molar-refractivity contribution in [2.75, 3.05) is 18.5 Å². The Morgan fingerprint density at radius 1 is 1.13 bits per heavy atom. The Labute approximate surface area is 133 Å². The highest BCUT2D eigenvalue weighted by Crippen LogP contribution is 2.24. The van der Waals surface area contributed by atoms with Gasteiger partial charge < -0.3 is 10.1 Å². The number of aromatic nitrogens is 3. The lowest BCUT2D eigenvalue weighted by Gasteiger charge is -2.24.